The average molecular weight is 311 g/mol. The van der Waals surface area contributed by atoms with Crippen LogP contribution in [0.2, 0.25) is 0 Å². The van der Waals surface area contributed by atoms with Crippen LogP contribution in [0, 0.1) is 0 Å². The first-order valence-corrected chi connectivity index (χ1v) is 7.04. The Morgan fingerprint density at radius 2 is 2.05 bits per heavy atom. The van der Waals surface area contributed by atoms with Gasteiger partial charge >= 0.3 is 0 Å². The summed E-state index contributed by atoms with van der Waals surface area (Å²) in [6.07, 6.45) is 0.688. The Morgan fingerprint density at radius 3 is 2.70 bits per heavy atom. The first-order valence-electron chi connectivity index (χ1n) is 6.05. The summed E-state index contributed by atoms with van der Waals surface area (Å²) in [4.78, 5) is 0. The van der Waals surface area contributed by atoms with E-state index in [1.165, 1.54) is 11.8 Å². The molecule has 0 aliphatic rings. The van der Waals surface area contributed by atoms with Gasteiger partial charge in [-0.2, -0.15) is 0 Å². The number of thioether (sulfide) groups is 1. The van der Waals surface area contributed by atoms with Crippen molar-refractivity contribution in [3.63, 3.8) is 0 Å². The molecule has 0 unspecified atom stereocenters. The van der Waals surface area contributed by atoms with Gasteiger partial charge in [-0.15, -0.1) is 10.2 Å². The van der Waals surface area contributed by atoms with E-state index >= 15 is 0 Å². The van der Waals surface area contributed by atoms with Crippen LogP contribution in [-0.2, 0) is 6.42 Å². The number of halogens is 1. The minimum atomic E-state index is -0.269. The van der Waals surface area contributed by atoms with E-state index < -0.39 is 0 Å². The van der Waals surface area contributed by atoms with E-state index in [-0.39, 0.29) is 18.4 Å². The van der Waals surface area contributed by atoms with E-state index in [1.54, 1.807) is 0 Å². The molecule has 0 radical (unpaired) electrons. The van der Waals surface area contributed by atoms with Crippen LogP contribution in [0.3, 0.4) is 0 Å². The molecule has 2 rings (SSSR count). The van der Waals surface area contributed by atoms with Gasteiger partial charge in [-0.3, -0.25) is 0 Å². The smallest absolute Gasteiger partial charge is 0.276 e. The predicted molar refractivity (Wildman–Crippen MR) is 76.9 cm³/mol. The van der Waals surface area contributed by atoms with Crippen molar-refractivity contribution in [2.45, 2.75) is 24.6 Å². The Kier molecular flexibility index (Phi) is 6.78. The number of rotatable bonds is 6. The predicted octanol–water partition coefficient (Wildman–Crippen LogP) is -0.0157. The summed E-state index contributed by atoms with van der Waals surface area (Å²) >= 11 is 1.48. The normalized spacial score (nSPS) is 11.7. The fourth-order valence-corrected chi connectivity index (χ4v) is 2.18. The molecule has 2 aromatic rings. The quantitative estimate of drug-likeness (QED) is 0.600. The van der Waals surface area contributed by atoms with E-state index in [4.69, 9.17) is 10.2 Å². The summed E-state index contributed by atoms with van der Waals surface area (Å²) in [7, 11) is 0. The van der Waals surface area contributed by atoms with Gasteiger partial charge in [0.1, 0.15) is 0 Å². The van der Waals surface area contributed by atoms with Crippen LogP contribution in [0.15, 0.2) is 52.1 Å². The minimum absolute atomic E-state index is 0. The molecule has 2 N–H and O–H groups in total. The Hall–Kier alpha value is -1.30. The number of aromatic nitrogens is 2. The van der Waals surface area contributed by atoms with Crippen molar-refractivity contribution in [1.82, 2.24) is 10.2 Å². The number of nitrogens with zero attached hydrogens (tertiary/aromatic N) is 2. The maximum atomic E-state index is 6.07. The molecule has 0 fully saturated rings. The third-order valence-electron chi connectivity index (χ3n) is 2.48. The van der Waals surface area contributed by atoms with Gasteiger partial charge in [0.25, 0.3) is 5.22 Å². The van der Waals surface area contributed by atoms with Gasteiger partial charge in [0.2, 0.25) is 5.89 Å². The van der Waals surface area contributed by atoms with Crippen molar-refractivity contribution in [2.24, 2.45) is 5.73 Å². The van der Waals surface area contributed by atoms with E-state index in [0.29, 0.717) is 17.5 Å². The van der Waals surface area contributed by atoms with Gasteiger partial charge in [0, 0.05) is 5.75 Å². The molecule has 6 heteroatoms. The lowest BCUT2D eigenvalue weighted by Crippen LogP contribution is -3.00. The summed E-state index contributed by atoms with van der Waals surface area (Å²) < 4.78 is 5.54. The molecule has 1 aromatic heterocycles. The lowest BCUT2D eigenvalue weighted by molar-refractivity contribution is -0.00000466. The monoisotopic (exact) mass is 310 g/mol. The van der Waals surface area contributed by atoms with E-state index in [0.717, 1.165) is 16.9 Å². The van der Waals surface area contributed by atoms with E-state index in [9.17, 15) is 0 Å². The van der Waals surface area contributed by atoms with E-state index in [2.05, 4.69) is 16.8 Å². The molecule has 108 valence electrons. The molecule has 1 atom stereocenters. The van der Waals surface area contributed by atoms with Crippen molar-refractivity contribution in [3.8, 4) is 0 Å². The second-order valence-corrected chi connectivity index (χ2v) is 5.37. The molecule has 1 aromatic carbocycles. The topological polar surface area (TPSA) is 64.9 Å². The third-order valence-corrected chi connectivity index (χ3v) is 3.53. The first kappa shape index (κ1) is 16.8. The molecule has 0 saturated carbocycles. The third kappa shape index (κ3) is 5.00. The second kappa shape index (κ2) is 8.09. The van der Waals surface area contributed by atoms with Gasteiger partial charge in [0.05, 0.1) is 6.04 Å². The average Bonchev–Trinajstić information content (AvgIpc) is 2.86. The number of hydrogen-bond donors (Lipinski definition) is 1. The molecule has 20 heavy (non-hydrogen) atoms. The van der Waals surface area contributed by atoms with Gasteiger partial charge in [-0.25, -0.2) is 0 Å². The van der Waals surface area contributed by atoms with Crippen LogP contribution in [0.5, 0.6) is 0 Å². The second-order valence-electron chi connectivity index (χ2n) is 4.45. The zero-order valence-electron chi connectivity index (χ0n) is 11.3. The molecule has 4 nitrogen and oxygen atoms in total. The first-order chi connectivity index (χ1) is 9.15. The number of benzene rings is 1. The maximum absolute atomic E-state index is 6.07. The Morgan fingerprint density at radius 1 is 1.35 bits per heavy atom. The molecule has 0 spiro atoms. The standard InChI is InChI=1S/C14H17N3OS.ClH/c1-10(2)9-19-14-17-16-13(18-14)12(15)8-11-6-4-3-5-7-11;/h3-7,12H,1,8-9,15H2,2H3;1H/p-1/t12-;/m0./s1. The molecular formula is C14H17ClN3OS-. The molecule has 0 amide bonds. The Labute approximate surface area is 129 Å². The highest BCUT2D eigenvalue weighted by Gasteiger charge is 2.15. The van der Waals surface area contributed by atoms with E-state index in [1.807, 2.05) is 37.3 Å². The summed E-state index contributed by atoms with van der Waals surface area (Å²) in [6.45, 7) is 5.80. The minimum Gasteiger partial charge on any atom is -1.00 e. The number of hydrogen-bond acceptors (Lipinski definition) is 5. The van der Waals surface area contributed by atoms with Gasteiger partial charge in [-0.1, -0.05) is 54.2 Å². The fourth-order valence-electron chi connectivity index (χ4n) is 1.57. The highest BCUT2D eigenvalue weighted by molar-refractivity contribution is 7.99. The molecule has 0 saturated heterocycles. The highest BCUT2D eigenvalue weighted by Crippen LogP contribution is 2.21. The summed E-state index contributed by atoms with van der Waals surface area (Å²) in [5.41, 5.74) is 8.30. The van der Waals surface area contributed by atoms with Crippen LogP contribution in [0.25, 0.3) is 0 Å². The van der Waals surface area contributed by atoms with Gasteiger partial charge in [0.15, 0.2) is 0 Å². The molecule has 1 heterocycles. The molecule has 0 aliphatic carbocycles. The van der Waals surface area contributed by atoms with Crippen LogP contribution >= 0.6 is 11.8 Å². The largest absolute Gasteiger partial charge is 1.00 e. The zero-order valence-corrected chi connectivity index (χ0v) is 12.8. The van der Waals surface area contributed by atoms with Crippen molar-refractivity contribution in [3.05, 3.63) is 53.9 Å². The Bertz CT molecular complexity index is 544. The lowest BCUT2D eigenvalue weighted by Gasteiger charge is -2.06. The van der Waals surface area contributed by atoms with Crippen LogP contribution in [0.4, 0.5) is 0 Å². The fraction of sp³-hybridized carbons (Fsp3) is 0.286. The van der Waals surface area contributed by atoms with Crippen molar-refractivity contribution >= 4 is 11.8 Å². The van der Waals surface area contributed by atoms with Crippen LogP contribution in [0.1, 0.15) is 24.4 Å². The zero-order chi connectivity index (χ0) is 13.7. The van der Waals surface area contributed by atoms with Crippen molar-refractivity contribution < 1.29 is 16.8 Å². The van der Waals surface area contributed by atoms with Crippen LogP contribution in [-0.4, -0.2) is 16.0 Å². The van der Waals surface area contributed by atoms with Crippen LogP contribution < -0.4 is 18.1 Å². The number of nitrogens with two attached hydrogens (primary N) is 1. The lowest BCUT2D eigenvalue weighted by atomic mass is 10.1. The molecular weight excluding hydrogens is 294 g/mol. The molecule has 0 bridgehead atoms. The highest BCUT2D eigenvalue weighted by atomic mass is 35.5. The van der Waals surface area contributed by atoms with Crippen molar-refractivity contribution in [2.75, 3.05) is 5.75 Å². The maximum Gasteiger partial charge on any atom is 0.276 e. The van der Waals surface area contributed by atoms with Gasteiger partial charge in [-0.05, 0) is 18.9 Å². The summed E-state index contributed by atoms with van der Waals surface area (Å²) in [6, 6.07) is 9.76. The van der Waals surface area contributed by atoms with Crippen molar-refractivity contribution in [1.29, 1.82) is 0 Å². The summed E-state index contributed by atoms with van der Waals surface area (Å²) in [5.74, 6) is 1.25. The SMILES string of the molecule is C=C(C)CSc1nnc([C@@H](N)Cc2ccccc2)o1.[Cl-]. The molecule has 0 aliphatic heterocycles. The summed E-state index contributed by atoms with van der Waals surface area (Å²) in [5, 5.41) is 8.52. The Balaban J connectivity index is 0.00000200. The van der Waals surface area contributed by atoms with Gasteiger partial charge < -0.3 is 22.6 Å².